The van der Waals surface area contributed by atoms with Crippen LogP contribution in [0.25, 0.3) is 10.9 Å². The first-order valence-electron chi connectivity index (χ1n) is 8.09. The average molecular weight is 382 g/mol. The van der Waals surface area contributed by atoms with Crippen LogP contribution in [0.2, 0.25) is 0 Å². The van der Waals surface area contributed by atoms with E-state index in [0.29, 0.717) is 0 Å². The molecule has 3 heterocycles. The molecule has 1 aromatic carbocycles. The summed E-state index contributed by atoms with van der Waals surface area (Å²) < 4.78 is 16.2. The number of pyridine rings is 1. The van der Waals surface area contributed by atoms with Crippen molar-refractivity contribution < 1.29 is 4.39 Å². The van der Waals surface area contributed by atoms with Gasteiger partial charge in [-0.3, -0.25) is 4.98 Å². The van der Waals surface area contributed by atoms with Crippen molar-refractivity contribution >= 4 is 35.7 Å². The number of nitrogens with zero attached hydrogens (tertiary/aromatic N) is 3. The maximum absolute atomic E-state index is 13.8. The van der Waals surface area contributed by atoms with Crippen molar-refractivity contribution in [1.82, 2.24) is 14.5 Å². The summed E-state index contributed by atoms with van der Waals surface area (Å²) in [6.45, 7) is 2.78. The number of rotatable bonds is 2. The van der Waals surface area contributed by atoms with E-state index in [1.807, 2.05) is 30.6 Å². The molecule has 0 N–H and O–H groups in total. The molecule has 134 valence electrons. The number of benzene rings is 1. The summed E-state index contributed by atoms with van der Waals surface area (Å²) in [4.78, 5) is 6.42. The van der Waals surface area contributed by atoms with Crippen molar-refractivity contribution in [3.8, 4) is 0 Å². The summed E-state index contributed by atoms with van der Waals surface area (Å²) >= 11 is 0. The van der Waals surface area contributed by atoms with Crippen molar-refractivity contribution in [3.05, 3.63) is 65.4 Å². The monoisotopic (exact) mass is 381 g/mol. The molecule has 0 atom stereocenters. The lowest BCUT2D eigenvalue weighted by molar-refractivity contribution is 0.333. The van der Waals surface area contributed by atoms with Gasteiger partial charge < -0.3 is 9.47 Å². The molecular formula is C19H22Cl2FN3. The number of hydrogen-bond acceptors (Lipinski definition) is 2. The Kier molecular flexibility index (Phi) is 6.44. The molecule has 25 heavy (non-hydrogen) atoms. The second-order valence-electron chi connectivity index (χ2n) is 6.37. The van der Waals surface area contributed by atoms with E-state index >= 15 is 0 Å². The Morgan fingerprint density at radius 1 is 1.12 bits per heavy atom. The largest absolute Gasteiger partial charge is 0.340 e. The van der Waals surface area contributed by atoms with E-state index in [2.05, 4.69) is 21.5 Å². The number of fused-ring (bicyclic) bond motifs is 3. The van der Waals surface area contributed by atoms with Gasteiger partial charge in [0.25, 0.3) is 0 Å². The van der Waals surface area contributed by atoms with Gasteiger partial charge in [0.05, 0.1) is 0 Å². The van der Waals surface area contributed by atoms with E-state index in [4.69, 9.17) is 0 Å². The van der Waals surface area contributed by atoms with Crippen LogP contribution in [0.15, 0.2) is 42.7 Å². The fourth-order valence-electron chi connectivity index (χ4n) is 3.63. The third kappa shape index (κ3) is 3.81. The molecule has 0 fully saturated rings. The minimum absolute atomic E-state index is 0. The summed E-state index contributed by atoms with van der Waals surface area (Å²) in [6, 6.07) is 9.26. The van der Waals surface area contributed by atoms with E-state index in [0.717, 1.165) is 43.4 Å². The van der Waals surface area contributed by atoms with E-state index in [1.54, 1.807) is 12.1 Å². The van der Waals surface area contributed by atoms with E-state index in [9.17, 15) is 4.39 Å². The standard InChI is InChI=1S/C19H20FN3.2ClH/c1-22-10-2-3-18-17(13-22)16-11-15(20)4-5-19(16)23(18)12-14-6-8-21-9-7-14;;/h4-9,11H,2-3,10,12-13H2,1H3;2*1H. The van der Waals surface area contributed by atoms with Gasteiger partial charge in [-0.1, -0.05) is 0 Å². The molecule has 0 unspecified atom stereocenters. The summed E-state index contributed by atoms with van der Waals surface area (Å²) in [5, 5.41) is 1.06. The van der Waals surface area contributed by atoms with Gasteiger partial charge >= 0.3 is 0 Å². The quantitative estimate of drug-likeness (QED) is 0.653. The molecule has 3 nitrogen and oxygen atoms in total. The maximum Gasteiger partial charge on any atom is 0.123 e. The number of halogens is 3. The summed E-state index contributed by atoms with van der Waals surface area (Å²) in [7, 11) is 2.14. The topological polar surface area (TPSA) is 21.1 Å². The first-order valence-corrected chi connectivity index (χ1v) is 8.09. The minimum Gasteiger partial charge on any atom is -0.340 e. The SMILES string of the molecule is CN1CCCc2c(c3cc(F)ccc3n2Cc2ccncc2)C1.Cl.Cl. The smallest absolute Gasteiger partial charge is 0.123 e. The normalized spacial score (nSPS) is 14.3. The lowest BCUT2D eigenvalue weighted by Gasteiger charge is -2.12. The highest BCUT2D eigenvalue weighted by Crippen LogP contribution is 2.31. The average Bonchev–Trinajstić information content (AvgIpc) is 2.70. The molecule has 6 heteroatoms. The molecule has 4 rings (SSSR count). The zero-order chi connectivity index (χ0) is 15.8. The Bertz CT molecular complexity index is 849. The van der Waals surface area contributed by atoms with Gasteiger partial charge in [0, 0.05) is 42.1 Å². The molecule has 0 bridgehead atoms. The van der Waals surface area contributed by atoms with Crippen LogP contribution in [-0.2, 0) is 19.5 Å². The highest BCUT2D eigenvalue weighted by Gasteiger charge is 2.21. The first kappa shape index (κ1) is 19.7. The van der Waals surface area contributed by atoms with Crippen LogP contribution in [0.4, 0.5) is 4.39 Å². The lowest BCUT2D eigenvalue weighted by Crippen LogP contribution is -2.17. The maximum atomic E-state index is 13.8. The fraction of sp³-hybridized carbons (Fsp3) is 0.316. The van der Waals surface area contributed by atoms with Crippen LogP contribution in [0, 0.1) is 5.82 Å². The van der Waals surface area contributed by atoms with Crippen molar-refractivity contribution in [2.45, 2.75) is 25.9 Å². The third-order valence-corrected chi connectivity index (χ3v) is 4.72. The second kappa shape index (κ2) is 8.17. The Morgan fingerprint density at radius 3 is 2.64 bits per heavy atom. The Morgan fingerprint density at radius 2 is 1.88 bits per heavy atom. The molecule has 0 saturated carbocycles. The predicted molar refractivity (Wildman–Crippen MR) is 104 cm³/mol. The number of hydrogen-bond donors (Lipinski definition) is 0. The molecule has 0 spiro atoms. The summed E-state index contributed by atoms with van der Waals surface area (Å²) in [5.74, 6) is -0.159. The summed E-state index contributed by atoms with van der Waals surface area (Å²) in [5.41, 5.74) is 4.99. The zero-order valence-electron chi connectivity index (χ0n) is 14.1. The van der Waals surface area contributed by atoms with Crippen LogP contribution < -0.4 is 0 Å². The van der Waals surface area contributed by atoms with E-state index in [-0.39, 0.29) is 30.6 Å². The molecule has 0 amide bonds. The van der Waals surface area contributed by atoms with Gasteiger partial charge in [-0.05, 0) is 67.9 Å². The van der Waals surface area contributed by atoms with Crippen LogP contribution in [0.3, 0.4) is 0 Å². The molecule has 2 aromatic heterocycles. The van der Waals surface area contributed by atoms with Crippen LogP contribution >= 0.6 is 24.8 Å². The van der Waals surface area contributed by atoms with Gasteiger partial charge in [-0.25, -0.2) is 4.39 Å². The van der Waals surface area contributed by atoms with Crippen LogP contribution in [0.5, 0.6) is 0 Å². The van der Waals surface area contributed by atoms with Crippen molar-refractivity contribution in [1.29, 1.82) is 0 Å². The highest BCUT2D eigenvalue weighted by molar-refractivity contribution is 5.86. The van der Waals surface area contributed by atoms with Gasteiger partial charge in [-0.15, -0.1) is 24.8 Å². The van der Waals surface area contributed by atoms with E-state index < -0.39 is 0 Å². The molecule has 0 saturated heterocycles. The van der Waals surface area contributed by atoms with Crippen molar-refractivity contribution in [2.75, 3.05) is 13.6 Å². The lowest BCUT2D eigenvalue weighted by atomic mass is 10.1. The van der Waals surface area contributed by atoms with Crippen molar-refractivity contribution in [3.63, 3.8) is 0 Å². The van der Waals surface area contributed by atoms with Gasteiger partial charge in [-0.2, -0.15) is 0 Å². The fourth-order valence-corrected chi connectivity index (χ4v) is 3.63. The summed E-state index contributed by atoms with van der Waals surface area (Å²) in [6.07, 6.45) is 5.83. The second-order valence-corrected chi connectivity index (χ2v) is 6.37. The molecule has 0 radical (unpaired) electrons. The molecule has 0 aliphatic carbocycles. The van der Waals surface area contributed by atoms with Crippen LogP contribution in [-0.4, -0.2) is 28.0 Å². The first-order chi connectivity index (χ1) is 11.2. The van der Waals surface area contributed by atoms with Gasteiger partial charge in [0.2, 0.25) is 0 Å². The van der Waals surface area contributed by atoms with E-state index in [1.165, 1.54) is 16.8 Å². The van der Waals surface area contributed by atoms with Gasteiger partial charge in [0.15, 0.2) is 0 Å². The predicted octanol–water partition coefficient (Wildman–Crippen LogP) is 4.45. The Labute approximate surface area is 159 Å². The van der Waals surface area contributed by atoms with Crippen molar-refractivity contribution in [2.24, 2.45) is 0 Å². The highest BCUT2D eigenvalue weighted by atomic mass is 35.5. The minimum atomic E-state index is -0.159. The molecule has 3 aromatic rings. The number of aromatic nitrogens is 2. The van der Waals surface area contributed by atoms with Crippen LogP contribution in [0.1, 0.15) is 23.2 Å². The van der Waals surface area contributed by atoms with Gasteiger partial charge in [0.1, 0.15) is 5.82 Å². The molecule has 1 aliphatic rings. The zero-order valence-corrected chi connectivity index (χ0v) is 15.7. The molecular weight excluding hydrogens is 360 g/mol. The molecule has 1 aliphatic heterocycles. The Hall–Kier alpha value is -1.62. The third-order valence-electron chi connectivity index (χ3n) is 4.72. The Balaban J connectivity index is 0.00000113.